The van der Waals surface area contributed by atoms with Crippen LogP contribution in [-0.2, 0) is 11.8 Å². The van der Waals surface area contributed by atoms with E-state index >= 15 is 0 Å². The van der Waals surface area contributed by atoms with Crippen LogP contribution in [0.1, 0.15) is 0 Å². The molecule has 3 rings (SSSR count). The maximum atomic E-state index is 12.1. The molecule has 0 aliphatic rings. The maximum absolute atomic E-state index is 12.1. The normalized spacial score (nSPS) is 10.7. The van der Waals surface area contributed by atoms with E-state index in [9.17, 15) is 4.79 Å². The van der Waals surface area contributed by atoms with Crippen LogP contribution in [0.5, 0.6) is 0 Å². The maximum Gasteiger partial charge on any atom is 0.234 e. The molecule has 0 radical (unpaired) electrons. The van der Waals surface area contributed by atoms with E-state index in [1.54, 1.807) is 18.2 Å². The summed E-state index contributed by atoms with van der Waals surface area (Å²) in [7, 11) is 1.87. The zero-order chi connectivity index (χ0) is 17.8. The van der Waals surface area contributed by atoms with Crippen LogP contribution in [0.15, 0.2) is 53.7 Å². The minimum atomic E-state index is -0.182. The van der Waals surface area contributed by atoms with Crippen molar-refractivity contribution < 1.29 is 4.79 Å². The Morgan fingerprint density at radius 3 is 2.64 bits per heavy atom. The van der Waals surface area contributed by atoms with Crippen LogP contribution in [-0.4, -0.2) is 26.4 Å². The van der Waals surface area contributed by atoms with Gasteiger partial charge >= 0.3 is 0 Å². The summed E-state index contributed by atoms with van der Waals surface area (Å²) in [6.45, 7) is 0. The number of anilines is 1. The quantitative estimate of drug-likeness (QED) is 0.648. The van der Waals surface area contributed by atoms with Gasteiger partial charge in [0.05, 0.1) is 16.5 Å². The summed E-state index contributed by atoms with van der Waals surface area (Å²) in [5, 5.41) is 12.7. The molecule has 8 heteroatoms. The van der Waals surface area contributed by atoms with Gasteiger partial charge in [-0.15, -0.1) is 10.2 Å². The van der Waals surface area contributed by atoms with Gasteiger partial charge in [-0.3, -0.25) is 4.79 Å². The van der Waals surface area contributed by atoms with Crippen molar-refractivity contribution in [3.63, 3.8) is 0 Å². The highest BCUT2D eigenvalue weighted by atomic mass is 35.5. The first-order valence-corrected chi connectivity index (χ1v) is 9.11. The minimum absolute atomic E-state index is 0.182. The lowest BCUT2D eigenvalue weighted by Gasteiger charge is -2.07. The number of carbonyl (C=O) groups is 1. The molecule has 0 spiro atoms. The lowest BCUT2D eigenvalue weighted by Crippen LogP contribution is -2.14. The second-order valence-electron chi connectivity index (χ2n) is 5.19. The van der Waals surface area contributed by atoms with Crippen molar-refractivity contribution >= 4 is 46.6 Å². The molecule has 3 aromatic rings. The van der Waals surface area contributed by atoms with E-state index in [0.717, 1.165) is 11.4 Å². The van der Waals surface area contributed by atoms with Gasteiger partial charge < -0.3 is 9.88 Å². The summed E-state index contributed by atoms with van der Waals surface area (Å²) in [6.07, 6.45) is 0. The molecule has 0 saturated heterocycles. The summed E-state index contributed by atoms with van der Waals surface area (Å²) >= 11 is 13.2. The van der Waals surface area contributed by atoms with Crippen molar-refractivity contribution in [1.29, 1.82) is 0 Å². The van der Waals surface area contributed by atoms with E-state index in [-0.39, 0.29) is 11.7 Å². The number of amides is 1. The van der Waals surface area contributed by atoms with Gasteiger partial charge in [-0.05, 0) is 18.2 Å². The van der Waals surface area contributed by atoms with Gasteiger partial charge in [0.15, 0.2) is 11.0 Å². The van der Waals surface area contributed by atoms with Gasteiger partial charge in [-0.1, -0.05) is 65.3 Å². The zero-order valence-corrected chi connectivity index (χ0v) is 15.6. The highest BCUT2D eigenvalue weighted by Gasteiger charge is 2.13. The molecule has 2 aromatic carbocycles. The molecule has 0 fully saturated rings. The third kappa shape index (κ3) is 4.34. The second kappa shape index (κ2) is 7.91. The first-order chi connectivity index (χ1) is 12.0. The number of carbonyl (C=O) groups excluding carboxylic acids is 1. The summed E-state index contributed by atoms with van der Waals surface area (Å²) in [5.74, 6) is 0.766. The number of halogens is 2. The Bertz CT molecular complexity index is 899. The summed E-state index contributed by atoms with van der Waals surface area (Å²) < 4.78 is 1.86. The molecule has 0 aliphatic heterocycles. The molecule has 1 N–H and O–H groups in total. The molecular formula is C17H14Cl2N4OS. The van der Waals surface area contributed by atoms with Crippen molar-refractivity contribution in [2.24, 2.45) is 7.05 Å². The fourth-order valence-corrected chi connectivity index (χ4v) is 3.35. The molecule has 1 amide bonds. The SMILES string of the molecule is Cn1c(SCC(=O)Nc2ccc(Cl)cc2Cl)nnc1-c1ccccc1. The first kappa shape index (κ1) is 17.8. The van der Waals surface area contributed by atoms with Gasteiger partial charge in [0.1, 0.15) is 0 Å². The average Bonchev–Trinajstić information content (AvgIpc) is 2.97. The topological polar surface area (TPSA) is 59.8 Å². The molecule has 0 aliphatic carbocycles. The third-order valence-corrected chi connectivity index (χ3v) is 4.97. The highest BCUT2D eigenvalue weighted by molar-refractivity contribution is 7.99. The standard InChI is InChI=1S/C17H14Cl2N4OS/c1-23-16(11-5-3-2-4-6-11)21-22-17(23)25-10-15(24)20-14-8-7-12(18)9-13(14)19/h2-9H,10H2,1H3,(H,20,24). The molecule has 25 heavy (non-hydrogen) atoms. The van der Waals surface area contributed by atoms with E-state index in [1.807, 2.05) is 41.9 Å². The highest BCUT2D eigenvalue weighted by Crippen LogP contribution is 2.26. The summed E-state index contributed by atoms with van der Waals surface area (Å²) in [4.78, 5) is 12.1. The van der Waals surface area contributed by atoms with E-state index in [0.29, 0.717) is 20.9 Å². The Labute approximate surface area is 159 Å². The lowest BCUT2D eigenvalue weighted by atomic mass is 10.2. The lowest BCUT2D eigenvalue weighted by molar-refractivity contribution is -0.113. The van der Waals surface area contributed by atoms with Crippen molar-refractivity contribution in [3.8, 4) is 11.4 Å². The van der Waals surface area contributed by atoms with Crippen LogP contribution < -0.4 is 5.32 Å². The molecule has 128 valence electrons. The van der Waals surface area contributed by atoms with Crippen molar-refractivity contribution in [2.45, 2.75) is 5.16 Å². The molecule has 0 unspecified atom stereocenters. The number of rotatable bonds is 5. The number of aromatic nitrogens is 3. The number of benzene rings is 2. The number of hydrogen-bond donors (Lipinski definition) is 1. The number of nitrogens with zero attached hydrogens (tertiary/aromatic N) is 3. The van der Waals surface area contributed by atoms with Crippen molar-refractivity contribution in [2.75, 3.05) is 11.1 Å². The summed E-state index contributed by atoms with van der Waals surface area (Å²) in [5.41, 5.74) is 1.50. The van der Waals surface area contributed by atoms with Gasteiger partial charge in [0, 0.05) is 17.6 Å². The molecule has 0 bridgehead atoms. The first-order valence-electron chi connectivity index (χ1n) is 7.37. The Hall–Kier alpha value is -2.02. The predicted molar refractivity (Wildman–Crippen MR) is 102 cm³/mol. The fourth-order valence-electron chi connectivity index (χ4n) is 2.19. The molecule has 0 atom stereocenters. The van der Waals surface area contributed by atoms with Crippen LogP contribution in [0.3, 0.4) is 0 Å². The monoisotopic (exact) mass is 392 g/mol. The van der Waals surface area contributed by atoms with Crippen LogP contribution >= 0.6 is 35.0 Å². The number of thioether (sulfide) groups is 1. The van der Waals surface area contributed by atoms with E-state index in [4.69, 9.17) is 23.2 Å². The average molecular weight is 393 g/mol. The third-order valence-electron chi connectivity index (χ3n) is 3.40. The number of nitrogens with one attached hydrogen (secondary N) is 1. The predicted octanol–water partition coefficient (Wildman–Crippen LogP) is 4.52. The van der Waals surface area contributed by atoms with Crippen LogP contribution in [0.25, 0.3) is 11.4 Å². The van der Waals surface area contributed by atoms with Gasteiger partial charge in [-0.25, -0.2) is 0 Å². The minimum Gasteiger partial charge on any atom is -0.324 e. The smallest absolute Gasteiger partial charge is 0.234 e. The zero-order valence-electron chi connectivity index (χ0n) is 13.2. The van der Waals surface area contributed by atoms with Crippen molar-refractivity contribution in [3.05, 3.63) is 58.6 Å². The largest absolute Gasteiger partial charge is 0.324 e. The van der Waals surface area contributed by atoms with Crippen LogP contribution in [0, 0.1) is 0 Å². The Kier molecular flexibility index (Phi) is 5.63. The fraction of sp³-hybridized carbons (Fsp3) is 0.118. The Morgan fingerprint density at radius 2 is 1.92 bits per heavy atom. The van der Waals surface area contributed by atoms with Crippen LogP contribution in [0.2, 0.25) is 10.0 Å². The van der Waals surface area contributed by atoms with Gasteiger partial charge in [0.25, 0.3) is 0 Å². The summed E-state index contributed by atoms with van der Waals surface area (Å²) in [6, 6.07) is 14.7. The molecular weight excluding hydrogens is 379 g/mol. The second-order valence-corrected chi connectivity index (χ2v) is 6.98. The number of hydrogen-bond acceptors (Lipinski definition) is 4. The van der Waals surface area contributed by atoms with Crippen LogP contribution in [0.4, 0.5) is 5.69 Å². The van der Waals surface area contributed by atoms with Gasteiger partial charge in [-0.2, -0.15) is 0 Å². The Balaban J connectivity index is 1.64. The Morgan fingerprint density at radius 1 is 1.16 bits per heavy atom. The molecule has 5 nitrogen and oxygen atoms in total. The molecule has 1 aromatic heterocycles. The van der Waals surface area contributed by atoms with E-state index in [2.05, 4.69) is 15.5 Å². The van der Waals surface area contributed by atoms with Gasteiger partial charge in [0.2, 0.25) is 5.91 Å². The molecule has 1 heterocycles. The van der Waals surface area contributed by atoms with E-state index in [1.165, 1.54) is 11.8 Å². The van der Waals surface area contributed by atoms with Crippen molar-refractivity contribution in [1.82, 2.24) is 14.8 Å². The molecule has 0 saturated carbocycles. The van der Waals surface area contributed by atoms with E-state index < -0.39 is 0 Å².